The Morgan fingerprint density at radius 3 is 2.41 bits per heavy atom. The molecule has 2 aromatic carbocycles. The van der Waals surface area contributed by atoms with Crippen molar-refractivity contribution < 1.29 is 17.7 Å². The van der Waals surface area contributed by atoms with Gasteiger partial charge in [-0.2, -0.15) is 10.1 Å². The number of aromatic nitrogens is 2. The van der Waals surface area contributed by atoms with Gasteiger partial charge < -0.3 is 4.52 Å². The molecule has 0 spiro atoms. The van der Waals surface area contributed by atoms with Gasteiger partial charge in [-0.1, -0.05) is 46.0 Å². The molecular weight excluding hydrogens is 463 g/mol. The molecule has 3 aromatic rings. The summed E-state index contributed by atoms with van der Waals surface area (Å²) in [6, 6.07) is 10.5. The van der Waals surface area contributed by atoms with Crippen molar-refractivity contribution >= 4 is 56.8 Å². The van der Waals surface area contributed by atoms with Gasteiger partial charge in [-0.15, -0.1) is 0 Å². The van der Waals surface area contributed by atoms with Gasteiger partial charge in [-0.25, -0.2) is 13.8 Å². The lowest BCUT2D eigenvalue weighted by Crippen LogP contribution is -2.18. The molecule has 1 heterocycles. The van der Waals surface area contributed by atoms with Gasteiger partial charge in [0.1, 0.15) is 5.75 Å². The number of hydrogen-bond acceptors (Lipinski definition) is 7. The van der Waals surface area contributed by atoms with Gasteiger partial charge in [-0.3, -0.25) is 4.79 Å². The molecule has 0 atom stereocenters. The third kappa shape index (κ3) is 5.33. The smallest absolute Gasteiger partial charge is 0.328 e. The van der Waals surface area contributed by atoms with Crippen LogP contribution in [0.5, 0.6) is 0 Å². The summed E-state index contributed by atoms with van der Waals surface area (Å²) in [5, 5.41) is 8.34. The van der Waals surface area contributed by atoms with Crippen LogP contribution < -0.4 is 5.43 Å². The van der Waals surface area contributed by atoms with E-state index in [4.69, 9.17) is 39.3 Å². The first kappa shape index (κ1) is 21.3. The topological polar surface area (TPSA) is 115 Å². The molecule has 1 amide bonds. The Kier molecular flexibility index (Phi) is 6.53. The molecule has 0 aliphatic heterocycles. The number of rotatable bonds is 6. The number of nitrogens with zero attached hydrogens (tertiary/aromatic N) is 3. The number of hydrogen-bond donors (Lipinski definition) is 1. The summed E-state index contributed by atoms with van der Waals surface area (Å²) in [4.78, 5) is 15.9. The van der Waals surface area contributed by atoms with Crippen molar-refractivity contribution in [1.82, 2.24) is 15.6 Å². The van der Waals surface area contributed by atoms with E-state index in [1.165, 1.54) is 30.5 Å². The van der Waals surface area contributed by atoms with E-state index in [1.807, 2.05) is 0 Å². The van der Waals surface area contributed by atoms with Crippen LogP contribution in [0.15, 0.2) is 57.0 Å². The van der Waals surface area contributed by atoms with Crippen LogP contribution in [0.25, 0.3) is 0 Å². The molecule has 0 fully saturated rings. The van der Waals surface area contributed by atoms with Gasteiger partial charge in [0, 0.05) is 10.6 Å². The number of halogens is 3. The standard InChI is InChI=1S/C17H11Cl3N4O4S/c18-10-4-6-11(7-5-10)29(26,27)9-15-22-17(28-24-15)16(25)23-21-8-12-13(19)2-1-3-14(12)20/h1-8H,9H2,(H,23,25)/b21-8-. The summed E-state index contributed by atoms with van der Waals surface area (Å²) in [5.41, 5.74) is 2.58. The Balaban J connectivity index is 1.67. The van der Waals surface area contributed by atoms with Crippen molar-refractivity contribution in [2.24, 2.45) is 5.10 Å². The fourth-order valence-electron chi connectivity index (χ4n) is 2.14. The van der Waals surface area contributed by atoms with E-state index in [0.29, 0.717) is 20.6 Å². The second-order valence-electron chi connectivity index (χ2n) is 5.56. The summed E-state index contributed by atoms with van der Waals surface area (Å²) in [7, 11) is -3.74. The number of amides is 1. The van der Waals surface area contributed by atoms with E-state index in [2.05, 4.69) is 20.7 Å². The van der Waals surface area contributed by atoms with Crippen molar-refractivity contribution in [1.29, 1.82) is 0 Å². The normalized spacial score (nSPS) is 11.7. The largest absolute Gasteiger partial charge is 0.329 e. The molecule has 0 aliphatic rings. The molecular formula is C17H11Cl3N4O4S. The van der Waals surface area contributed by atoms with Gasteiger partial charge >= 0.3 is 11.8 Å². The lowest BCUT2D eigenvalue weighted by Gasteiger charge is -2.01. The summed E-state index contributed by atoms with van der Waals surface area (Å²) in [5.74, 6) is -2.01. The third-order valence-corrected chi connectivity index (χ3v) is 6.05. The first-order valence-corrected chi connectivity index (χ1v) is 10.6. The zero-order valence-corrected chi connectivity index (χ0v) is 17.4. The van der Waals surface area contributed by atoms with Crippen molar-refractivity contribution in [2.75, 3.05) is 0 Å². The van der Waals surface area contributed by atoms with Crippen LogP contribution in [0.4, 0.5) is 0 Å². The van der Waals surface area contributed by atoms with Gasteiger partial charge in [0.25, 0.3) is 0 Å². The lowest BCUT2D eigenvalue weighted by molar-refractivity contribution is 0.0911. The van der Waals surface area contributed by atoms with E-state index in [0.717, 1.165) is 0 Å². The van der Waals surface area contributed by atoms with Crippen LogP contribution in [-0.2, 0) is 15.6 Å². The molecule has 1 N–H and O–H groups in total. The minimum absolute atomic E-state index is 0.0407. The second-order valence-corrected chi connectivity index (χ2v) is 8.80. The monoisotopic (exact) mass is 472 g/mol. The number of carbonyl (C=O) groups excluding carboxylic acids is 1. The number of benzene rings is 2. The zero-order chi connectivity index (χ0) is 21.0. The van der Waals surface area contributed by atoms with Crippen molar-refractivity contribution in [3.63, 3.8) is 0 Å². The summed E-state index contributed by atoms with van der Waals surface area (Å²) in [6.45, 7) is 0. The van der Waals surface area contributed by atoms with E-state index in [1.54, 1.807) is 18.2 Å². The van der Waals surface area contributed by atoms with E-state index < -0.39 is 27.4 Å². The van der Waals surface area contributed by atoms with Crippen LogP contribution in [-0.4, -0.2) is 30.7 Å². The van der Waals surface area contributed by atoms with Gasteiger partial charge in [-0.05, 0) is 36.4 Å². The molecule has 0 saturated carbocycles. The van der Waals surface area contributed by atoms with Crippen LogP contribution in [0.1, 0.15) is 22.1 Å². The Hall–Kier alpha value is -2.46. The van der Waals surface area contributed by atoms with Crippen LogP contribution in [0.2, 0.25) is 15.1 Å². The maximum atomic E-state index is 12.4. The van der Waals surface area contributed by atoms with Gasteiger partial charge in [0.15, 0.2) is 15.7 Å². The molecule has 1 aromatic heterocycles. The Morgan fingerprint density at radius 1 is 1.10 bits per heavy atom. The van der Waals surface area contributed by atoms with Crippen LogP contribution >= 0.6 is 34.8 Å². The summed E-state index contributed by atoms with van der Waals surface area (Å²) >= 11 is 17.7. The molecule has 0 saturated heterocycles. The molecule has 29 heavy (non-hydrogen) atoms. The predicted octanol–water partition coefficient (Wildman–Crippen LogP) is 3.77. The van der Waals surface area contributed by atoms with E-state index >= 15 is 0 Å². The Bertz CT molecular complexity index is 1160. The molecule has 150 valence electrons. The van der Waals surface area contributed by atoms with Crippen molar-refractivity contribution in [2.45, 2.75) is 10.6 Å². The quantitative estimate of drug-likeness (QED) is 0.430. The van der Waals surface area contributed by atoms with Gasteiger partial charge in [0.2, 0.25) is 0 Å². The molecule has 0 radical (unpaired) electrons. The third-order valence-electron chi connectivity index (χ3n) is 3.51. The number of sulfone groups is 1. The molecule has 0 aliphatic carbocycles. The summed E-state index contributed by atoms with van der Waals surface area (Å²) in [6.07, 6.45) is 1.25. The van der Waals surface area contributed by atoms with Crippen molar-refractivity contribution in [3.05, 3.63) is 74.8 Å². The van der Waals surface area contributed by atoms with Gasteiger partial charge in [0.05, 0.1) is 21.2 Å². The molecule has 3 rings (SSSR count). The fourth-order valence-corrected chi connectivity index (χ4v) is 3.93. The fraction of sp³-hybridized carbons (Fsp3) is 0.0588. The van der Waals surface area contributed by atoms with Crippen molar-refractivity contribution in [3.8, 4) is 0 Å². The lowest BCUT2D eigenvalue weighted by atomic mass is 10.2. The van der Waals surface area contributed by atoms with E-state index in [9.17, 15) is 13.2 Å². The molecule has 12 heteroatoms. The summed E-state index contributed by atoms with van der Waals surface area (Å²) < 4.78 is 29.5. The average molecular weight is 474 g/mol. The highest BCUT2D eigenvalue weighted by Crippen LogP contribution is 2.22. The maximum absolute atomic E-state index is 12.4. The van der Waals surface area contributed by atoms with E-state index in [-0.39, 0.29) is 10.7 Å². The maximum Gasteiger partial charge on any atom is 0.329 e. The Morgan fingerprint density at radius 2 is 1.76 bits per heavy atom. The SMILES string of the molecule is O=C(N/N=C\c1c(Cl)cccc1Cl)c1nc(CS(=O)(=O)c2ccc(Cl)cc2)no1. The Labute approximate surface area is 180 Å². The molecule has 8 nitrogen and oxygen atoms in total. The predicted molar refractivity (Wildman–Crippen MR) is 108 cm³/mol. The zero-order valence-electron chi connectivity index (χ0n) is 14.3. The minimum atomic E-state index is -3.74. The van der Waals surface area contributed by atoms with Crippen LogP contribution in [0.3, 0.4) is 0 Å². The number of hydrazone groups is 1. The number of nitrogens with one attached hydrogen (secondary N) is 1. The highest BCUT2D eigenvalue weighted by atomic mass is 35.5. The first-order valence-electron chi connectivity index (χ1n) is 7.84. The highest BCUT2D eigenvalue weighted by molar-refractivity contribution is 7.90. The van der Waals surface area contributed by atoms with Crippen LogP contribution in [0, 0.1) is 0 Å². The average Bonchev–Trinajstić information content (AvgIpc) is 3.12. The first-order chi connectivity index (χ1) is 13.8. The highest BCUT2D eigenvalue weighted by Gasteiger charge is 2.21. The molecule has 0 unspecified atom stereocenters. The molecule has 0 bridgehead atoms. The second kappa shape index (κ2) is 8.91. The number of carbonyl (C=O) groups is 1. The minimum Gasteiger partial charge on any atom is -0.328 e.